The predicted molar refractivity (Wildman–Crippen MR) is 156 cm³/mol. The van der Waals surface area contributed by atoms with Crippen LogP contribution >= 0.6 is 0 Å². The number of aromatic nitrogens is 3. The van der Waals surface area contributed by atoms with E-state index in [1.54, 1.807) is 4.90 Å². The van der Waals surface area contributed by atoms with Crippen LogP contribution in [-0.2, 0) is 4.79 Å². The summed E-state index contributed by atoms with van der Waals surface area (Å²) in [5.74, 6) is 0.559. The van der Waals surface area contributed by atoms with Crippen molar-refractivity contribution in [2.24, 2.45) is 11.3 Å². The van der Waals surface area contributed by atoms with Crippen molar-refractivity contribution >= 4 is 17.6 Å². The van der Waals surface area contributed by atoms with Gasteiger partial charge in [-0.3, -0.25) is 9.59 Å². The lowest BCUT2D eigenvalue weighted by Crippen LogP contribution is -2.64. The third-order valence-corrected chi connectivity index (χ3v) is 9.61. The fraction of sp³-hybridized carbons (Fsp3) is 0.581. The number of piperidine rings is 3. The van der Waals surface area contributed by atoms with E-state index in [1.165, 1.54) is 30.1 Å². The zero-order valence-electron chi connectivity index (χ0n) is 24.7. The third kappa shape index (κ3) is 5.23. The van der Waals surface area contributed by atoms with E-state index in [0.29, 0.717) is 18.4 Å². The fourth-order valence-electron chi connectivity index (χ4n) is 7.24. The Hall–Kier alpha value is -3.60. The molecule has 5 aliphatic rings. The molecule has 10 nitrogen and oxygen atoms in total. The number of carbonyl (C=O) groups is 2. The summed E-state index contributed by atoms with van der Waals surface area (Å²) in [4.78, 5) is 36.9. The van der Waals surface area contributed by atoms with Crippen molar-refractivity contribution in [1.29, 1.82) is 0 Å². The molecular weight excluding hydrogens is 537 g/mol. The lowest BCUT2D eigenvalue weighted by molar-refractivity contribution is -0.138. The zero-order chi connectivity index (χ0) is 29.6. The normalized spacial score (nSPS) is 24.6. The van der Waals surface area contributed by atoms with Crippen molar-refractivity contribution in [2.45, 2.75) is 71.0 Å². The first-order valence-corrected chi connectivity index (χ1v) is 15.1. The van der Waals surface area contributed by atoms with Crippen LogP contribution in [0.4, 0.5) is 10.2 Å². The molecule has 1 spiro atoms. The minimum Gasteiger partial charge on any atom is -0.434 e. The summed E-state index contributed by atoms with van der Waals surface area (Å²) in [6.45, 7) is 13.5. The Labute approximate surface area is 246 Å². The van der Waals surface area contributed by atoms with Crippen LogP contribution in [0, 0.1) is 17.2 Å². The highest BCUT2D eigenvalue weighted by atomic mass is 19.1. The van der Waals surface area contributed by atoms with Gasteiger partial charge in [-0.2, -0.15) is 0 Å². The molecule has 3 atom stereocenters. The standard InChI is InChI=1S/C31H40FN7O3/c1-5-39(19(2)3)29(40)24-15-21(32)6-9-25(24)42-28-27(33-18-34-36-28)38-16-31(17-38)10-12-37(13-11-31)30(41)26-23-8-7-22(35-26)14-20(23)4/h6,9,15,18-19,22-23,26,35H,4-5,7-8,10-14,16-17H2,1-3H3/t22-,23+,26-/m0/s1. The summed E-state index contributed by atoms with van der Waals surface area (Å²) in [5.41, 5.74) is 1.45. The minimum absolute atomic E-state index is 0.0557. The van der Waals surface area contributed by atoms with Crippen LogP contribution in [0.5, 0.6) is 11.6 Å². The van der Waals surface area contributed by atoms with Gasteiger partial charge in [-0.1, -0.05) is 12.2 Å². The molecule has 1 aromatic heterocycles. The number of nitrogens with one attached hydrogen (secondary N) is 1. The van der Waals surface area contributed by atoms with Gasteiger partial charge in [-0.05, 0) is 71.1 Å². The maximum Gasteiger partial charge on any atom is 0.282 e. The second kappa shape index (κ2) is 11.2. The molecule has 2 amide bonds. The first kappa shape index (κ1) is 28.5. The first-order chi connectivity index (χ1) is 20.2. The number of ether oxygens (including phenoxy) is 1. The number of likely N-dealkylation sites (tertiary alicyclic amines) is 1. The topological polar surface area (TPSA) is 104 Å². The lowest BCUT2D eigenvalue weighted by atomic mass is 9.71. The first-order valence-electron chi connectivity index (χ1n) is 15.1. The third-order valence-electron chi connectivity index (χ3n) is 9.61. The summed E-state index contributed by atoms with van der Waals surface area (Å²) in [7, 11) is 0. The van der Waals surface area contributed by atoms with Gasteiger partial charge in [0.15, 0.2) is 5.82 Å². The molecule has 1 aliphatic carbocycles. The number of hydrogen-bond donors (Lipinski definition) is 1. The molecule has 5 fully saturated rings. The Morgan fingerprint density at radius 1 is 1.24 bits per heavy atom. The number of hydrogen-bond acceptors (Lipinski definition) is 8. The largest absolute Gasteiger partial charge is 0.434 e. The fourth-order valence-corrected chi connectivity index (χ4v) is 7.24. The Balaban J connectivity index is 1.11. The molecule has 1 aromatic carbocycles. The van der Waals surface area contributed by atoms with E-state index in [0.717, 1.165) is 58.3 Å². The number of carbonyl (C=O) groups excluding carboxylic acids is 2. The molecule has 1 saturated carbocycles. The molecule has 0 unspecified atom stereocenters. The summed E-state index contributed by atoms with van der Waals surface area (Å²) in [6, 6.07) is 4.11. The Morgan fingerprint density at radius 3 is 2.67 bits per heavy atom. The Morgan fingerprint density at radius 2 is 2.00 bits per heavy atom. The van der Waals surface area contributed by atoms with Gasteiger partial charge in [-0.25, -0.2) is 9.37 Å². The van der Waals surface area contributed by atoms with Crippen molar-refractivity contribution in [2.75, 3.05) is 37.6 Å². The van der Waals surface area contributed by atoms with E-state index in [1.807, 2.05) is 25.7 Å². The molecule has 7 rings (SSSR count). The summed E-state index contributed by atoms with van der Waals surface area (Å²) < 4.78 is 20.3. The van der Waals surface area contributed by atoms with Gasteiger partial charge in [0.1, 0.15) is 17.9 Å². The van der Waals surface area contributed by atoms with E-state index in [-0.39, 0.29) is 52.4 Å². The van der Waals surface area contributed by atoms with E-state index in [9.17, 15) is 14.0 Å². The highest BCUT2D eigenvalue weighted by molar-refractivity contribution is 5.97. The maximum absolute atomic E-state index is 14.2. The SMILES string of the molecule is C=C1C[C@@H]2CC[C@H]1[C@@H](C(=O)N1CCC3(CC1)CN(c1ncnnc1Oc1ccc(F)cc1C(=O)N(CC)C(C)C)C3)N2. The summed E-state index contributed by atoms with van der Waals surface area (Å²) in [5, 5.41) is 11.7. The van der Waals surface area contributed by atoms with Gasteiger partial charge in [0.25, 0.3) is 11.8 Å². The quantitative estimate of drug-likeness (QED) is 0.496. The zero-order valence-corrected chi connectivity index (χ0v) is 24.7. The van der Waals surface area contributed by atoms with Gasteiger partial charge in [-0.15, -0.1) is 10.2 Å². The van der Waals surface area contributed by atoms with Crippen molar-refractivity contribution in [3.05, 3.63) is 48.1 Å². The molecule has 0 radical (unpaired) electrons. The molecule has 5 heterocycles. The van der Waals surface area contributed by atoms with Crippen molar-refractivity contribution in [3.63, 3.8) is 0 Å². The van der Waals surface area contributed by atoms with Crippen LogP contribution in [0.25, 0.3) is 0 Å². The van der Waals surface area contributed by atoms with E-state index >= 15 is 0 Å². The average Bonchev–Trinajstić information content (AvgIpc) is 2.97. The van der Waals surface area contributed by atoms with Gasteiger partial charge < -0.3 is 24.8 Å². The van der Waals surface area contributed by atoms with E-state index in [4.69, 9.17) is 4.74 Å². The van der Waals surface area contributed by atoms with E-state index < -0.39 is 5.82 Å². The molecular formula is C31H40FN7O3. The number of benzene rings is 1. The highest BCUT2D eigenvalue weighted by Gasteiger charge is 2.49. The number of fused-ring (bicyclic) bond motifs is 3. The summed E-state index contributed by atoms with van der Waals surface area (Å²) in [6.07, 6.45) is 6.39. The van der Waals surface area contributed by atoms with Crippen LogP contribution in [0.15, 0.2) is 36.7 Å². The lowest BCUT2D eigenvalue weighted by Gasteiger charge is -2.55. The number of anilines is 1. The van der Waals surface area contributed by atoms with Gasteiger partial charge in [0.2, 0.25) is 5.91 Å². The van der Waals surface area contributed by atoms with E-state index in [2.05, 4.69) is 32.0 Å². The van der Waals surface area contributed by atoms with Crippen molar-refractivity contribution in [3.8, 4) is 11.6 Å². The second-order valence-electron chi connectivity index (χ2n) is 12.6. The highest BCUT2D eigenvalue weighted by Crippen LogP contribution is 2.45. The molecule has 224 valence electrons. The number of halogens is 1. The molecule has 11 heteroatoms. The average molecular weight is 578 g/mol. The van der Waals surface area contributed by atoms with Crippen LogP contribution in [0.1, 0.15) is 63.2 Å². The van der Waals surface area contributed by atoms with Gasteiger partial charge in [0.05, 0.1) is 11.6 Å². The summed E-state index contributed by atoms with van der Waals surface area (Å²) >= 11 is 0. The maximum atomic E-state index is 14.2. The van der Waals surface area contributed by atoms with Gasteiger partial charge >= 0.3 is 0 Å². The van der Waals surface area contributed by atoms with Crippen molar-refractivity contribution < 1.29 is 18.7 Å². The predicted octanol–water partition coefficient (Wildman–Crippen LogP) is 3.80. The number of nitrogens with zero attached hydrogens (tertiary/aromatic N) is 6. The molecule has 4 aliphatic heterocycles. The number of amides is 2. The Kier molecular flexibility index (Phi) is 7.63. The molecule has 2 aromatic rings. The van der Waals surface area contributed by atoms with Crippen LogP contribution in [0.3, 0.4) is 0 Å². The minimum atomic E-state index is -0.519. The molecule has 1 N–H and O–H groups in total. The number of rotatable bonds is 7. The van der Waals surface area contributed by atoms with Gasteiger partial charge in [0, 0.05) is 56.1 Å². The molecule has 2 bridgehead atoms. The Bertz CT molecular complexity index is 1370. The van der Waals surface area contributed by atoms with Crippen LogP contribution in [-0.4, -0.2) is 87.6 Å². The molecule has 42 heavy (non-hydrogen) atoms. The van der Waals surface area contributed by atoms with Crippen LogP contribution < -0.4 is 15.0 Å². The van der Waals surface area contributed by atoms with Crippen LogP contribution in [0.2, 0.25) is 0 Å². The smallest absolute Gasteiger partial charge is 0.282 e. The monoisotopic (exact) mass is 577 g/mol. The molecule has 4 saturated heterocycles. The second-order valence-corrected chi connectivity index (χ2v) is 12.6. The van der Waals surface area contributed by atoms with Crippen molar-refractivity contribution in [1.82, 2.24) is 30.3 Å².